The molecule has 2 nitrogen and oxygen atoms in total. The lowest BCUT2D eigenvalue weighted by atomic mass is 9.96. The second-order valence-corrected chi connectivity index (χ2v) is 5.36. The molecule has 2 N–H and O–H groups in total. The number of hydrogen-bond donors (Lipinski definition) is 1. The van der Waals surface area contributed by atoms with Gasteiger partial charge in [-0.25, -0.2) is 0 Å². The van der Waals surface area contributed by atoms with Crippen molar-refractivity contribution in [3.05, 3.63) is 0 Å². The Morgan fingerprint density at radius 3 is 2.69 bits per heavy atom. The van der Waals surface area contributed by atoms with Gasteiger partial charge in [0.05, 0.1) is 0 Å². The van der Waals surface area contributed by atoms with Crippen molar-refractivity contribution in [1.82, 2.24) is 4.90 Å². The number of nitrogens with two attached hydrogens (primary N) is 1. The summed E-state index contributed by atoms with van der Waals surface area (Å²) >= 11 is 0. The van der Waals surface area contributed by atoms with Crippen molar-refractivity contribution in [2.45, 2.75) is 52.4 Å². The van der Waals surface area contributed by atoms with Gasteiger partial charge in [-0.15, -0.1) is 0 Å². The van der Waals surface area contributed by atoms with Gasteiger partial charge in [0.25, 0.3) is 0 Å². The zero-order chi connectivity index (χ0) is 11.8. The highest BCUT2D eigenvalue weighted by Crippen LogP contribution is 2.20. The molecule has 0 spiro atoms. The second kappa shape index (κ2) is 8.08. The zero-order valence-corrected chi connectivity index (χ0v) is 11.3. The molecule has 0 radical (unpaired) electrons. The molecule has 0 bridgehead atoms. The highest BCUT2D eigenvalue weighted by molar-refractivity contribution is 4.74. The molecule has 0 aromatic rings. The van der Waals surface area contributed by atoms with E-state index in [0.29, 0.717) is 0 Å². The highest BCUT2D eigenvalue weighted by atomic mass is 15.1. The molecule has 16 heavy (non-hydrogen) atoms. The van der Waals surface area contributed by atoms with E-state index in [1.807, 2.05) is 0 Å². The molecule has 2 heteroatoms. The lowest BCUT2D eigenvalue weighted by Crippen LogP contribution is -2.22. The van der Waals surface area contributed by atoms with Crippen LogP contribution in [0.4, 0.5) is 0 Å². The Balaban J connectivity index is 2.06. The van der Waals surface area contributed by atoms with E-state index in [0.717, 1.165) is 18.4 Å². The molecule has 0 amide bonds. The van der Waals surface area contributed by atoms with Crippen LogP contribution < -0.4 is 5.73 Å². The minimum atomic E-state index is 0.861. The van der Waals surface area contributed by atoms with Crippen LogP contribution in [0.2, 0.25) is 0 Å². The summed E-state index contributed by atoms with van der Waals surface area (Å²) in [5.41, 5.74) is 5.62. The molecule has 2 unspecified atom stereocenters. The first-order valence-corrected chi connectivity index (χ1v) is 7.22. The van der Waals surface area contributed by atoms with Crippen molar-refractivity contribution in [2.24, 2.45) is 17.6 Å². The minimum Gasteiger partial charge on any atom is -0.330 e. The van der Waals surface area contributed by atoms with E-state index < -0.39 is 0 Å². The highest BCUT2D eigenvalue weighted by Gasteiger charge is 2.20. The van der Waals surface area contributed by atoms with Crippen molar-refractivity contribution < 1.29 is 0 Å². The van der Waals surface area contributed by atoms with Crippen molar-refractivity contribution in [2.75, 3.05) is 26.2 Å². The van der Waals surface area contributed by atoms with E-state index in [4.69, 9.17) is 5.73 Å². The normalized spacial score (nSPS) is 23.8. The van der Waals surface area contributed by atoms with Gasteiger partial charge in [0.15, 0.2) is 0 Å². The molecule has 1 saturated heterocycles. The number of nitrogens with zero attached hydrogens (tertiary/aromatic N) is 1. The topological polar surface area (TPSA) is 29.3 Å². The van der Waals surface area contributed by atoms with Crippen LogP contribution in [0.5, 0.6) is 0 Å². The standard InChI is InChI=1S/C14H30N2/c1-3-13(7-9-15)6-5-10-16-11-8-14(4-2)12-16/h13-14H,3-12,15H2,1-2H3. The Hall–Kier alpha value is -0.0800. The van der Waals surface area contributed by atoms with Crippen molar-refractivity contribution >= 4 is 0 Å². The first-order valence-electron chi connectivity index (χ1n) is 7.22. The van der Waals surface area contributed by atoms with Gasteiger partial charge in [0.2, 0.25) is 0 Å². The maximum Gasteiger partial charge on any atom is 0.00100 e. The van der Waals surface area contributed by atoms with E-state index in [1.165, 1.54) is 58.2 Å². The molecule has 1 fully saturated rings. The monoisotopic (exact) mass is 226 g/mol. The molecule has 0 aliphatic carbocycles. The lowest BCUT2D eigenvalue weighted by molar-refractivity contribution is 0.298. The summed E-state index contributed by atoms with van der Waals surface area (Å²) in [5, 5.41) is 0. The van der Waals surface area contributed by atoms with Gasteiger partial charge in [-0.2, -0.15) is 0 Å². The Morgan fingerprint density at radius 1 is 1.31 bits per heavy atom. The van der Waals surface area contributed by atoms with E-state index in [9.17, 15) is 0 Å². The first-order chi connectivity index (χ1) is 7.80. The molecule has 2 atom stereocenters. The fraction of sp³-hybridized carbons (Fsp3) is 1.00. The summed E-state index contributed by atoms with van der Waals surface area (Å²) in [6, 6.07) is 0. The fourth-order valence-corrected chi connectivity index (χ4v) is 2.84. The second-order valence-electron chi connectivity index (χ2n) is 5.36. The number of likely N-dealkylation sites (tertiary alicyclic amines) is 1. The van der Waals surface area contributed by atoms with E-state index in [-0.39, 0.29) is 0 Å². The predicted molar refractivity (Wildman–Crippen MR) is 71.5 cm³/mol. The third-order valence-electron chi connectivity index (χ3n) is 4.19. The van der Waals surface area contributed by atoms with Crippen LogP contribution in [0.1, 0.15) is 52.4 Å². The van der Waals surface area contributed by atoms with Crippen LogP contribution in [0.25, 0.3) is 0 Å². The Bertz CT molecular complexity index is 170. The van der Waals surface area contributed by atoms with Crippen molar-refractivity contribution in [3.8, 4) is 0 Å². The largest absolute Gasteiger partial charge is 0.330 e. The van der Waals surface area contributed by atoms with Crippen LogP contribution in [0.15, 0.2) is 0 Å². The summed E-state index contributed by atoms with van der Waals surface area (Å²) in [7, 11) is 0. The molecular weight excluding hydrogens is 196 g/mol. The van der Waals surface area contributed by atoms with Crippen LogP contribution in [0, 0.1) is 11.8 Å². The average Bonchev–Trinajstić information content (AvgIpc) is 2.76. The SMILES string of the molecule is CCC(CCN)CCCN1CCC(CC)C1. The van der Waals surface area contributed by atoms with Crippen LogP contribution in [-0.2, 0) is 0 Å². The Labute approximate surface area is 102 Å². The molecule has 1 rings (SSSR count). The maximum atomic E-state index is 5.62. The first kappa shape index (κ1) is 14.0. The van der Waals surface area contributed by atoms with Gasteiger partial charge in [-0.1, -0.05) is 26.7 Å². The Morgan fingerprint density at radius 2 is 2.12 bits per heavy atom. The molecular formula is C14H30N2. The Kier molecular flexibility index (Phi) is 7.06. The van der Waals surface area contributed by atoms with Gasteiger partial charge in [-0.3, -0.25) is 0 Å². The van der Waals surface area contributed by atoms with Crippen LogP contribution in [-0.4, -0.2) is 31.1 Å². The summed E-state index contributed by atoms with van der Waals surface area (Å²) in [5.74, 6) is 1.85. The summed E-state index contributed by atoms with van der Waals surface area (Å²) < 4.78 is 0. The number of rotatable bonds is 8. The molecule has 0 aromatic carbocycles. The summed E-state index contributed by atoms with van der Waals surface area (Å²) in [6.07, 6.45) is 8.05. The van der Waals surface area contributed by atoms with Gasteiger partial charge in [-0.05, 0) is 57.2 Å². The lowest BCUT2D eigenvalue weighted by Gasteiger charge is -2.18. The van der Waals surface area contributed by atoms with Gasteiger partial charge in [0.1, 0.15) is 0 Å². The smallest absolute Gasteiger partial charge is 0.00100 e. The predicted octanol–water partition coefficient (Wildman–Crippen LogP) is 2.87. The quantitative estimate of drug-likeness (QED) is 0.689. The van der Waals surface area contributed by atoms with Crippen LogP contribution in [0.3, 0.4) is 0 Å². The average molecular weight is 226 g/mol. The van der Waals surface area contributed by atoms with Gasteiger partial charge in [0, 0.05) is 6.54 Å². The van der Waals surface area contributed by atoms with Gasteiger partial charge < -0.3 is 10.6 Å². The van der Waals surface area contributed by atoms with Crippen molar-refractivity contribution in [3.63, 3.8) is 0 Å². The van der Waals surface area contributed by atoms with Crippen molar-refractivity contribution in [1.29, 1.82) is 0 Å². The molecule has 1 aliphatic rings. The zero-order valence-electron chi connectivity index (χ0n) is 11.3. The molecule has 1 heterocycles. The maximum absolute atomic E-state index is 5.62. The third kappa shape index (κ3) is 4.84. The van der Waals surface area contributed by atoms with E-state index >= 15 is 0 Å². The minimum absolute atomic E-state index is 0.861. The fourth-order valence-electron chi connectivity index (χ4n) is 2.84. The van der Waals surface area contributed by atoms with E-state index in [1.54, 1.807) is 0 Å². The molecule has 96 valence electrons. The van der Waals surface area contributed by atoms with Gasteiger partial charge >= 0.3 is 0 Å². The molecule has 0 aromatic heterocycles. The molecule has 0 saturated carbocycles. The summed E-state index contributed by atoms with van der Waals surface area (Å²) in [6.45, 7) is 9.49. The summed E-state index contributed by atoms with van der Waals surface area (Å²) in [4.78, 5) is 2.66. The third-order valence-corrected chi connectivity index (χ3v) is 4.19. The van der Waals surface area contributed by atoms with E-state index in [2.05, 4.69) is 18.7 Å². The van der Waals surface area contributed by atoms with Crippen LogP contribution >= 0.6 is 0 Å². The molecule has 1 aliphatic heterocycles. The number of hydrogen-bond acceptors (Lipinski definition) is 2.